The van der Waals surface area contributed by atoms with Crippen molar-refractivity contribution in [2.75, 3.05) is 25.6 Å². The van der Waals surface area contributed by atoms with Gasteiger partial charge in [-0.3, -0.25) is 14.9 Å². The van der Waals surface area contributed by atoms with Gasteiger partial charge in [-0.15, -0.1) is 0 Å². The molecule has 9 heteroatoms. The zero-order chi connectivity index (χ0) is 21.2. The van der Waals surface area contributed by atoms with Crippen molar-refractivity contribution in [1.29, 1.82) is 0 Å². The lowest BCUT2D eigenvalue weighted by molar-refractivity contribution is -0.384. The van der Waals surface area contributed by atoms with Crippen LogP contribution >= 0.6 is 0 Å². The topological polar surface area (TPSA) is 117 Å². The van der Waals surface area contributed by atoms with E-state index in [1.54, 1.807) is 24.3 Å². The van der Waals surface area contributed by atoms with Crippen LogP contribution in [-0.4, -0.2) is 37.1 Å². The molecule has 0 atom stereocenters. The van der Waals surface area contributed by atoms with Gasteiger partial charge in [0.15, 0.2) is 6.61 Å². The summed E-state index contributed by atoms with van der Waals surface area (Å²) in [6, 6.07) is 10.2. The van der Waals surface area contributed by atoms with Crippen LogP contribution in [0.2, 0.25) is 0 Å². The van der Waals surface area contributed by atoms with Crippen LogP contribution in [0.1, 0.15) is 30.1 Å². The van der Waals surface area contributed by atoms with Gasteiger partial charge in [0.25, 0.3) is 11.6 Å². The number of benzene rings is 2. The van der Waals surface area contributed by atoms with E-state index in [2.05, 4.69) is 12.2 Å². The number of hydrogen-bond acceptors (Lipinski definition) is 7. The van der Waals surface area contributed by atoms with Crippen LogP contribution in [0, 0.1) is 10.1 Å². The van der Waals surface area contributed by atoms with E-state index in [-0.39, 0.29) is 22.7 Å². The highest BCUT2D eigenvalue weighted by molar-refractivity contribution is 5.96. The van der Waals surface area contributed by atoms with E-state index < -0.39 is 23.4 Å². The lowest BCUT2D eigenvalue weighted by Crippen LogP contribution is -2.21. The molecule has 0 saturated carbocycles. The number of ether oxygens (including phenoxy) is 3. The van der Waals surface area contributed by atoms with Crippen LogP contribution in [-0.2, 0) is 9.53 Å². The van der Waals surface area contributed by atoms with Crippen molar-refractivity contribution in [2.24, 2.45) is 0 Å². The maximum Gasteiger partial charge on any atom is 0.338 e. The summed E-state index contributed by atoms with van der Waals surface area (Å²) in [6.45, 7) is 2.15. The van der Waals surface area contributed by atoms with Gasteiger partial charge in [-0.25, -0.2) is 4.79 Å². The Kier molecular flexibility index (Phi) is 7.96. The largest absolute Gasteiger partial charge is 0.494 e. The average Bonchev–Trinajstić information content (AvgIpc) is 2.72. The molecular weight excluding hydrogens is 380 g/mol. The highest BCUT2D eigenvalue weighted by Gasteiger charge is 2.15. The van der Waals surface area contributed by atoms with E-state index in [9.17, 15) is 19.7 Å². The maximum atomic E-state index is 12.1. The molecule has 0 aliphatic rings. The van der Waals surface area contributed by atoms with Gasteiger partial charge in [-0.1, -0.05) is 13.3 Å². The Labute approximate surface area is 167 Å². The highest BCUT2D eigenvalue weighted by atomic mass is 16.6. The average molecular weight is 402 g/mol. The highest BCUT2D eigenvalue weighted by Crippen LogP contribution is 2.28. The van der Waals surface area contributed by atoms with Gasteiger partial charge >= 0.3 is 5.97 Å². The van der Waals surface area contributed by atoms with Gasteiger partial charge in [0, 0.05) is 6.07 Å². The van der Waals surface area contributed by atoms with Crippen molar-refractivity contribution in [2.45, 2.75) is 19.8 Å². The fourth-order valence-electron chi connectivity index (χ4n) is 2.32. The van der Waals surface area contributed by atoms with Crippen LogP contribution in [0.4, 0.5) is 11.4 Å². The van der Waals surface area contributed by atoms with Crippen LogP contribution in [0.3, 0.4) is 0 Å². The first kappa shape index (κ1) is 21.7. The molecule has 154 valence electrons. The van der Waals surface area contributed by atoms with Crippen molar-refractivity contribution in [3.8, 4) is 11.5 Å². The monoisotopic (exact) mass is 402 g/mol. The Hall–Kier alpha value is -3.62. The van der Waals surface area contributed by atoms with Crippen LogP contribution < -0.4 is 14.8 Å². The summed E-state index contributed by atoms with van der Waals surface area (Å²) in [6.07, 6.45) is 1.97. The number of non-ortho nitro benzene ring substituents is 1. The second kappa shape index (κ2) is 10.6. The van der Waals surface area contributed by atoms with Crippen molar-refractivity contribution in [1.82, 2.24) is 0 Å². The third kappa shape index (κ3) is 6.49. The zero-order valence-corrected chi connectivity index (χ0v) is 16.2. The Morgan fingerprint density at radius 1 is 1.14 bits per heavy atom. The van der Waals surface area contributed by atoms with E-state index >= 15 is 0 Å². The number of rotatable bonds is 10. The van der Waals surface area contributed by atoms with E-state index in [0.29, 0.717) is 12.4 Å². The quantitative estimate of drug-likeness (QED) is 0.279. The number of anilines is 1. The maximum absolute atomic E-state index is 12.1. The molecule has 2 aromatic rings. The summed E-state index contributed by atoms with van der Waals surface area (Å²) < 4.78 is 15.6. The number of nitro benzene ring substituents is 1. The molecular formula is C20H22N2O7. The minimum absolute atomic E-state index is 0.123. The number of esters is 1. The third-order valence-electron chi connectivity index (χ3n) is 3.86. The van der Waals surface area contributed by atoms with Crippen LogP contribution in [0.25, 0.3) is 0 Å². The fraction of sp³-hybridized carbons (Fsp3) is 0.300. The van der Waals surface area contributed by atoms with Crippen molar-refractivity contribution in [3.63, 3.8) is 0 Å². The lowest BCUT2D eigenvalue weighted by Gasteiger charge is -2.10. The molecule has 2 rings (SSSR count). The number of carbonyl (C=O) groups excluding carboxylic acids is 2. The summed E-state index contributed by atoms with van der Waals surface area (Å²) in [5, 5.41) is 13.3. The molecule has 0 fully saturated rings. The second-order valence-electron chi connectivity index (χ2n) is 5.99. The summed E-state index contributed by atoms with van der Waals surface area (Å²) in [7, 11) is 1.32. The number of carbonyl (C=O) groups is 2. The predicted molar refractivity (Wildman–Crippen MR) is 105 cm³/mol. The second-order valence-corrected chi connectivity index (χ2v) is 5.99. The number of nitrogens with zero attached hydrogens (tertiary/aromatic N) is 1. The van der Waals surface area contributed by atoms with Crippen molar-refractivity contribution >= 4 is 23.3 Å². The Morgan fingerprint density at radius 3 is 2.48 bits per heavy atom. The smallest absolute Gasteiger partial charge is 0.338 e. The number of unbranched alkanes of at least 4 members (excludes halogenated alkanes) is 1. The minimum Gasteiger partial charge on any atom is -0.494 e. The first-order valence-electron chi connectivity index (χ1n) is 8.97. The molecule has 9 nitrogen and oxygen atoms in total. The first-order chi connectivity index (χ1) is 13.9. The zero-order valence-electron chi connectivity index (χ0n) is 16.2. The van der Waals surface area contributed by atoms with Crippen molar-refractivity contribution in [3.05, 3.63) is 58.1 Å². The summed E-state index contributed by atoms with van der Waals surface area (Å²) >= 11 is 0. The minimum atomic E-state index is -0.657. The molecule has 0 saturated heterocycles. The summed E-state index contributed by atoms with van der Waals surface area (Å²) in [5.41, 5.74) is 0.342. The number of nitrogens with one attached hydrogen (secondary N) is 1. The molecule has 0 radical (unpaired) electrons. The Bertz CT molecular complexity index is 866. The molecule has 0 spiro atoms. The molecule has 0 aromatic heterocycles. The summed E-state index contributed by atoms with van der Waals surface area (Å²) in [4.78, 5) is 34.3. The van der Waals surface area contributed by atoms with Crippen LogP contribution in [0.15, 0.2) is 42.5 Å². The number of hydrogen-bond donors (Lipinski definition) is 1. The third-order valence-corrected chi connectivity index (χ3v) is 3.86. The molecule has 0 aliphatic heterocycles. The lowest BCUT2D eigenvalue weighted by atomic mass is 10.2. The molecule has 0 unspecified atom stereocenters. The van der Waals surface area contributed by atoms with Crippen molar-refractivity contribution < 1.29 is 28.7 Å². The number of amides is 1. The molecule has 0 heterocycles. The molecule has 1 N–H and O–H groups in total. The van der Waals surface area contributed by atoms with Gasteiger partial charge in [0.05, 0.1) is 36.0 Å². The SMILES string of the molecule is CCCCOc1ccc(C(=O)OCC(=O)Nc2ccc([N+](=O)[O-])cc2OC)cc1. The molecule has 0 bridgehead atoms. The Balaban J connectivity index is 1.88. The Morgan fingerprint density at radius 2 is 1.86 bits per heavy atom. The standard InChI is InChI=1S/C20H22N2O7/c1-3-4-11-28-16-8-5-14(6-9-16)20(24)29-13-19(23)21-17-10-7-15(22(25)26)12-18(17)27-2/h5-10,12H,3-4,11,13H2,1-2H3,(H,21,23). The number of nitro groups is 1. The van der Waals surface area contributed by atoms with Crippen LogP contribution in [0.5, 0.6) is 11.5 Å². The van der Waals surface area contributed by atoms with Gasteiger partial charge < -0.3 is 19.5 Å². The van der Waals surface area contributed by atoms with E-state index in [1.807, 2.05) is 0 Å². The normalized spacial score (nSPS) is 10.1. The van der Waals surface area contributed by atoms with Gasteiger partial charge in [-0.2, -0.15) is 0 Å². The first-order valence-corrected chi connectivity index (χ1v) is 8.97. The van der Waals surface area contributed by atoms with Gasteiger partial charge in [0.1, 0.15) is 11.5 Å². The van der Waals surface area contributed by atoms with Gasteiger partial charge in [0.2, 0.25) is 0 Å². The number of methoxy groups -OCH3 is 1. The molecule has 2 aromatic carbocycles. The molecule has 29 heavy (non-hydrogen) atoms. The van der Waals surface area contributed by atoms with E-state index in [1.165, 1.54) is 25.3 Å². The molecule has 0 aliphatic carbocycles. The summed E-state index contributed by atoms with van der Waals surface area (Å²) in [5.74, 6) is -0.489. The fourth-order valence-corrected chi connectivity index (χ4v) is 2.32. The molecule has 1 amide bonds. The predicted octanol–water partition coefficient (Wildman–Crippen LogP) is 3.58. The van der Waals surface area contributed by atoms with Gasteiger partial charge in [-0.05, 0) is 36.8 Å². The van der Waals surface area contributed by atoms with E-state index in [4.69, 9.17) is 14.2 Å². The van der Waals surface area contributed by atoms with E-state index in [0.717, 1.165) is 12.8 Å².